The molecule has 1 aromatic heterocycles. The lowest BCUT2D eigenvalue weighted by Gasteiger charge is -2.36. The second-order valence-electron chi connectivity index (χ2n) is 5.23. The highest BCUT2D eigenvalue weighted by atomic mass is 16.3. The van der Waals surface area contributed by atoms with Crippen molar-refractivity contribution in [1.82, 2.24) is 10.3 Å². The summed E-state index contributed by atoms with van der Waals surface area (Å²) >= 11 is 0. The lowest BCUT2D eigenvalue weighted by atomic mass is 9.76. The molecule has 1 saturated carbocycles. The Morgan fingerprint density at radius 2 is 2.10 bits per heavy atom. The van der Waals surface area contributed by atoms with Crippen LogP contribution in [0, 0.1) is 0 Å². The predicted molar refractivity (Wildman–Crippen MR) is 75.6 cm³/mol. The monoisotopic (exact) mass is 270 g/mol. The quantitative estimate of drug-likeness (QED) is 0.929. The fourth-order valence-electron chi connectivity index (χ4n) is 2.57. The van der Waals surface area contributed by atoms with E-state index in [1.807, 2.05) is 13.0 Å². The molecule has 3 rings (SSSR count). The molecular formula is C16H18N2O2. The van der Waals surface area contributed by atoms with Crippen molar-refractivity contribution in [3.8, 4) is 0 Å². The SMILES string of the molecule is CCc1nc(C(=O)NC2CC(c3ccccc3)C2)co1. The van der Waals surface area contributed by atoms with E-state index in [-0.39, 0.29) is 11.9 Å². The number of carbonyl (C=O) groups is 1. The Labute approximate surface area is 118 Å². The number of nitrogens with one attached hydrogen (secondary N) is 1. The van der Waals surface area contributed by atoms with Gasteiger partial charge in [-0.05, 0) is 24.3 Å². The van der Waals surface area contributed by atoms with E-state index in [2.05, 4.69) is 34.6 Å². The summed E-state index contributed by atoms with van der Waals surface area (Å²) in [6, 6.07) is 10.7. The summed E-state index contributed by atoms with van der Waals surface area (Å²) < 4.78 is 5.19. The van der Waals surface area contributed by atoms with Crippen molar-refractivity contribution in [2.75, 3.05) is 0 Å². The van der Waals surface area contributed by atoms with Gasteiger partial charge in [0.1, 0.15) is 6.26 Å². The average Bonchev–Trinajstić information content (AvgIpc) is 2.92. The molecule has 0 radical (unpaired) electrons. The van der Waals surface area contributed by atoms with Gasteiger partial charge in [-0.15, -0.1) is 0 Å². The third-order valence-corrected chi connectivity index (χ3v) is 3.83. The highest BCUT2D eigenvalue weighted by Crippen LogP contribution is 2.36. The van der Waals surface area contributed by atoms with Gasteiger partial charge in [0, 0.05) is 12.5 Å². The third kappa shape index (κ3) is 2.59. The van der Waals surface area contributed by atoms with Gasteiger partial charge in [-0.3, -0.25) is 4.79 Å². The van der Waals surface area contributed by atoms with E-state index in [1.165, 1.54) is 11.8 Å². The third-order valence-electron chi connectivity index (χ3n) is 3.83. The molecule has 1 fully saturated rings. The molecule has 104 valence electrons. The Morgan fingerprint density at radius 1 is 1.35 bits per heavy atom. The largest absolute Gasteiger partial charge is 0.448 e. The number of benzene rings is 1. The Morgan fingerprint density at radius 3 is 2.75 bits per heavy atom. The van der Waals surface area contributed by atoms with Crippen molar-refractivity contribution in [2.24, 2.45) is 0 Å². The maximum atomic E-state index is 12.0. The van der Waals surface area contributed by atoms with Crippen molar-refractivity contribution < 1.29 is 9.21 Å². The molecule has 0 aliphatic heterocycles. The minimum absolute atomic E-state index is 0.134. The number of oxazole rings is 1. The smallest absolute Gasteiger partial charge is 0.273 e. The van der Waals surface area contributed by atoms with E-state index in [4.69, 9.17) is 4.42 Å². The minimum atomic E-state index is -0.134. The zero-order chi connectivity index (χ0) is 13.9. The number of amides is 1. The highest BCUT2D eigenvalue weighted by molar-refractivity contribution is 5.92. The van der Waals surface area contributed by atoms with Crippen LogP contribution >= 0.6 is 0 Å². The standard InChI is InChI=1S/C16H18N2O2/c1-2-15-18-14(10-20-15)16(19)17-13-8-12(9-13)11-6-4-3-5-7-11/h3-7,10,12-13H,2,8-9H2,1H3,(H,17,19). The number of carbonyl (C=O) groups excluding carboxylic acids is 1. The van der Waals surface area contributed by atoms with E-state index in [9.17, 15) is 4.79 Å². The molecule has 0 unspecified atom stereocenters. The molecule has 2 aromatic rings. The summed E-state index contributed by atoms with van der Waals surface area (Å²) in [7, 11) is 0. The molecule has 0 spiro atoms. The van der Waals surface area contributed by atoms with Gasteiger partial charge in [-0.25, -0.2) is 4.98 Å². The second kappa shape index (κ2) is 5.49. The highest BCUT2D eigenvalue weighted by Gasteiger charge is 2.31. The number of aryl methyl sites for hydroxylation is 1. The molecule has 0 saturated heterocycles. The predicted octanol–water partition coefficient (Wildman–Crippen LogP) is 2.91. The molecule has 1 N–H and O–H groups in total. The summed E-state index contributed by atoms with van der Waals surface area (Å²) in [6.45, 7) is 1.95. The van der Waals surface area contributed by atoms with E-state index < -0.39 is 0 Å². The van der Waals surface area contributed by atoms with Gasteiger partial charge in [0.25, 0.3) is 5.91 Å². The number of rotatable bonds is 4. The second-order valence-corrected chi connectivity index (χ2v) is 5.23. The molecule has 20 heavy (non-hydrogen) atoms. The minimum Gasteiger partial charge on any atom is -0.448 e. The molecule has 1 amide bonds. The van der Waals surface area contributed by atoms with Crippen LogP contribution in [0.15, 0.2) is 41.0 Å². The summed E-state index contributed by atoms with van der Waals surface area (Å²) in [5.74, 6) is 1.03. The van der Waals surface area contributed by atoms with Gasteiger partial charge in [0.05, 0.1) is 0 Å². The van der Waals surface area contributed by atoms with Crippen LogP contribution in [0.4, 0.5) is 0 Å². The fraction of sp³-hybridized carbons (Fsp3) is 0.375. The van der Waals surface area contributed by atoms with Crippen molar-refractivity contribution in [2.45, 2.75) is 38.1 Å². The van der Waals surface area contributed by atoms with Crippen LogP contribution in [0.25, 0.3) is 0 Å². The fourth-order valence-corrected chi connectivity index (χ4v) is 2.57. The Hall–Kier alpha value is -2.10. The Bertz CT molecular complexity index is 586. The molecule has 1 heterocycles. The maximum absolute atomic E-state index is 12.0. The number of hydrogen-bond donors (Lipinski definition) is 1. The van der Waals surface area contributed by atoms with Crippen LogP contribution in [0.5, 0.6) is 0 Å². The van der Waals surface area contributed by atoms with Gasteiger partial charge in [-0.2, -0.15) is 0 Å². The van der Waals surface area contributed by atoms with E-state index in [0.29, 0.717) is 23.9 Å². The van der Waals surface area contributed by atoms with Crippen LogP contribution in [-0.4, -0.2) is 16.9 Å². The molecule has 4 nitrogen and oxygen atoms in total. The van der Waals surface area contributed by atoms with Crippen LogP contribution in [0.3, 0.4) is 0 Å². The summed E-state index contributed by atoms with van der Waals surface area (Å²) in [5.41, 5.74) is 1.73. The lowest BCUT2D eigenvalue weighted by molar-refractivity contribution is 0.0903. The van der Waals surface area contributed by atoms with E-state index >= 15 is 0 Å². The van der Waals surface area contributed by atoms with Crippen LogP contribution in [0.2, 0.25) is 0 Å². The topological polar surface area (TPSA) is 55.1 Å². The molecule has 4 heteroatoms. The van der Waals surface area contributed by atoms with Crippen molar-refractivity contribution in [3.05, 3.63) is 53.7 Å². The normalized spacial score (nSPS) is 21.2. The van der Waals surface area contributed by atoms with Crippen LogP contribution in [-0.2, 0) is 6.42 Å². The number of nitrogens with zero attached hydrogens (tertiary/aromatic N) is 1. The first-order chi connectivity index (χ1) is 9.76. The van der Waals surface area contributed by atoms with Gasteiger partial charge in [0.15, 0.2) is 11.6 Å². The molecule has 1 aliphatic carbocycles. The summed E-state index contributed by atoms with van der Waals surface area (Å²) in [5, 5.41) is 3.01. The molecular weight excluding hydrogens is 252 g/mol. The Balaban J connectivity index is 1.52. The zero-order valence-corrected chi connectivity index (χ0v) is 11.5. The van der Waals surface area contributed by atoms with Crippen molar-refractivity contribution in [1.29, 1.82) is 0 Å². The molecule has 0 bridgehead atoms. The number of hydrogen-bond acceptors (Lipinski definition) is 3. The number of aromatic nitrogens is 1. The zero-order valence-electron chi connectivity index (χ0n) is 11.5. The molecule has 0 atom stereocenters. The average molecular weight is 270 g/mol. The first kappa shape index (κ1) is 12.9. The molecule has 1 aliphatic rings. The van der Waals surface area contributed by atoms with E-state index in [0.717, 1.165) is 12.8 Å². The van der Waals surface area contributed by atoms with Gasteiger partial charge < -0.3 is 9.73 Å². The van der Waals surface area contributed by atoms with Crippen LogP contribution < -0.4 is 5.32 Å². The van der Waals surface area contributed by atoms with Crippen molar-refractivity contribution >= 4 is 5.91 Å². The first-order valence-corrected chi connectivity index (χ1v) is 7.06. The lowest BCUT2D eigenvalue weighted by Crippen LogP contribution is -2.43. The molecule has 1 aromatic carbocycles. The van der Waals surface area contributed by atoms with E-state index in [1.54, 1.807) is 0 Å². The van der Waals surface area contributed by atoms with Gasteiger partial charge in [0.2, 0.25) is 0 Å². The maximum Gasteiger partial charge on any atom is 0.273 e. The van der Waals surface area contributed by atoms with Gasteiger partial charge in [-0.1, -0.05) is 37.3 Å². The van der Waals surface area contributed by atoms with Crippen LogP contribution in [0.1, 0.15) is 47.6 Å². The van der Waals surface area contributed by atoms with Gasteiger partial charge >= 0.3 is 0 Å². The summed E-state index contributed by atoms with van der Waals surface area (Å²) in [6.07, 6.45) is 4.12. The summed E-state index contributed by atoms with van der Waals surface area (Å²) in [4.78, 5) is 16.1. The van der Waals surface area contributed by atoms with Crippen molar-refractivity contribution in [3.63, 3.8) is 0 Å². The first-order valence-electron chi connectivity index (χ1n) is 7.06. The Kier molecular flexibility index (Phi) is 3.54.